The zero-order valence-corrected chi connectivity index (χ0v) is 15.2. The molecule has 10 heteroatoms. The smallest absolute Gasteiger partial charge is 0.387 e. The number of carbonyl (C=O) groups is 1. The van der Waals surface area contributed by atoms with Crippen LogP contribution in [0.25, 0.3) is 21.3 Å². The monoisotopic (exact) mass is 398 g/mol. The molecule has 0 aliphatic carbocycles. The Bertz CT molecular complexity index is 963. The van der Waals surface area contributed by atoms with Gasteiger partial charge >= 0.3 is 17.7 Å². The number of rotatable bonds is 5. The maximum Gasteiger partial charge on any atom is 0.387 e. The van der Waals surface area contributed by atoms with Gasteiger partial charge in [0.15, 0.2) is 0 Å². The van der Waals surface area contributed by atoms with Crippen molar-refractivity contribution in [3.8, 4) is 16.9 Å². The normalized spacial score (nSPS) is 12.4. The topological polar surface area (TPSA) is 84.4 Å². The summed E-state index contributed by atoms with van der Waals surface area (Å²) in [5.74, 6) is -0.751. The van der Waals surface area contributed by atoms with Crippen LogP contribution in [-0.4, -0.2) is 40.5 Å². The fourth-order valence-electron chi connectivity index (χ4n) is 2.37. The second kappa shape index (κ2) is 7.52. The van der Waals surface area contributed by atoms with Crippen LogP contribution < -0.4 is 4.74 Å². The summed E-state index contributed by atoms with van der Waals surface area (Å²) in [7, 11) is 1.22. The number of hydrogen-bond acceptors (Lipinski definition) is 7. The minimum absolute atomic E-state index is 0.0697. The van der Waals surface area contributed by atoms with Gasteiger partial charge in [0, 0.05) is 22.3 Å². The molecule has 0 amide bonds. The SMILES string of the molecule is COC(=O)c1sc2cnc([S+](C)[O-])nc2c1-c1ccccc1OC(F)F. The highest BCUT2D eigenvalue weighted by Gasteiger charge is 2.26. The zero-order valence-electron chi connectivity index (χ0n) is 13.6. The molecule has 0 saturated carbocycles. The van der Waals surface area contributed by atoms with Crippen LogP contribution >= 0.6 is 11.3 Å². The van der Waals surface area contributed by atoms with E-state index in [9.17, 15) is 18.1 Å². The summed E-state index contributed by atoms with van der Waals surface area (Å²) in [5.41, 5.74) is 0.856. The molecule has 26 heavy (non-hydrogen) atoms. The van der Waals surface area contributed by atoms with Crippen molar-refractivity contribution in [3.05, 3.63) is 35.3 Å². The van der Waals surface area contributed by atoms with E-state index in [1.807, 2.05) is 0 Å². The quantitative estimate of drug-likeness (QED) is 0.372. The second-order valence-electron chi connectivity index (χ2n) is 4.99. The summed E-state index contributed by atoms with van der Waals surface area (Å²) >= 11 is -0.394. The summed E-state index contributed by atoms with van der Waals surface area (Å²) in [6, 6.07) is 6.07. The highest BCUT2D eigenvalue weighted by molar-refractivity contribution is 7.90. The first-order chi connectivity index (χ1) is 12.4. The Hall–Kier alpha value is -2.30. The molecule has 3 aromatic rings. The number of hydrogen-bond donors (Lipinski definition) is 0. The van der Waals surface area contributed by atoms with Crippen LogP contribution in [-0.2, 0) is 15.9 Å². The third-order valence-corrected chi connectivity index (χ3v) is 5.21. The Kier molecular flexibility index (Phi) is 5.35. The lowest BCUT2D eigenvalue weighted by molar-refractivity contribution is -0.0494. The van der Waals surface area contributed by atoms with Gasteiger partial charge in [-0.15, -0.1) is 11.3 Å². The first-order valence-corrected chi connectivity index (χ1v) is 9.55. The van der Waals surface area contributed by atoms with Crippen molar-refractivity contribution in [2.24, 2.45) is 0 Å². The number of halogens is 2. The van der Waals surface area contributed by atoms with Gasteiger partial charge in [-0.25, -0.2) is 4.79 Å². The number of nitrogens with zero attached hydrogens (tertiary/aromatic N) is 2. The summed E-state index contributed by atoms with van der Waals surface area (Å²) in [4.78, 5) is 20.7. The molecule has 0 aliphatic rings. The standard InChI is InChI=1S/C16H12F2N2O4S2/c1-23-14(21)13-11(8-5-3-4-6-9(8)24-15(17)18)12-10(25-13)7-19-16(20-12)26(2)22/h3-7,15H,1-2H3. The molecule has 2 aromatic heterocycles. The van der Waals surface area contributed by atoms with Gasteiger partial charge in [-0.05, 0) is 6.07 Å². The number of methoxy groups -OCH3 is 1. The van der Waals surface area contributed by atoms with Crippen LogP contribution in [0.4, 0.5) is 8.78 Å². The largest absolute Gasteiger partial charge is 0.609 e. The maximum atomic E-state index is 12.8. The maximum absolute atomic E-state index is 12.8. The Morgan fingerprint density at radius 2 is 2.08 bits per heavy atom. The third-order valence-electron chi connectivity index (χ3n) is 3.41. The van der Waals surface area contributed by atoms with Crippen molar-refractivity contribution >= 4 is 38.7 Å². The highest BCUT2D eigenvalue weighted by Crippen LogP contribution is 2.42. The fourth-order valence-corrected chi connectivity index (χ4v) is 3.84. The molecule has 3 rings (SSSR count). The van der Waals surface area contributed by atoms with E-state index in [0.717, 1.165) is 11.3 Å². The highest BCUT2D eigenvalue weighted by atomic mass is 32.2. The van der Waals surface area contributed by atoms with E-state index in [1.165, 1.54) is 37.8 Å². The first kappa shape index (κ1) is 18.5. The number of carbonyl (C=O) groups excluding carboxylic acids is 1. The number of benzene rings is 1. The van der Waals surface area contributed by atoms with E-state index in [1.54, 1.807) is 6.07 Å². The molecule has 136 valence electrons. The van der Waals surface area contributed by atoms with E-state index < -0.39 is 23.8 Å². The molecule has 0 spiro atoms. The molecule has 0 saturated heterocycles. The van der Waals surface area contributed by atoms with Gasteiger partial charge in [-0.1, -0.05) is 18.2 Å². The number of esters is 1. The van der Waals surface area contributed by atoms with Crippen molar-refractivity contribution in [1.82, 2.24) is 9.97 Å². The predicted octanol–water partition coefficient (Wildman–Crippen LogP) is 3.48. The van der Waals surface area contributed by atoms with Crippen LogP contribution in [0.2, 0.25) is 0 Å². The Morgan fingerprint density at radius 1 is 1.35 bits per heavy atom. The number of aromatic nitrogens is 2. The second-order valence-corrected chi connectivity index (χ2v) is 7.32. The Morgan fingerprint density at radius 3 is 2.73 bits per heavy atom. The molecule has 0 radical (unpaired) electrons. The zero-order chi connectivity index (χ0) is 18.8. The molecule has 0 aliphatic heterocycles. The number of ether oxygens (including phenoxy) is 2. The molecule has 0 bridgehead atoms. The number of thiophene rings is 1. The summed E-state index contributed by atoms with van der Waals surface area (Å²) in [5, 5.41) is 0.0697. The van der Waals surface area contributed by atoms with E-state index in [4.69, 9.17) is 4.74 Å². The van der Waals surface area contributed by atoms with E-state index in [2.05, 4.69) is 14.7 Å². The number of fused-ring (bicyclic) bond motifs is 1. The number of alkyl halides is 2. The van der Waals surface area contributed by atoms with Gasteiger partial charge in [0.2, 0.25) is 0 Å². The average molecular weight is 398 g/mol. The van der Waals surface area contributed by atoms with Crippen LogP contribution in [0, 0.1) is 0 Å². The van der Waals surface area contributed by atoms with E-state index in [-0.39, 0.29) is 26.9 Å². The molecule has 0 N–H and O–H groups in total. The van der Waals surface area contributed by atoms with Crippen molar-refractivity contribution in [3.63, 3.8) is 0 Å². The average Bonchev–Trinajstić information content (AvgIpc) is 2.99. The van der Waals surface area contributed by atoms with Gasteiger partial charge in [0.1, 0.15) is 16.9 Å². The summed E-state index contributed by atoms with van der Waals surface area (Å²) < 4.78 is 47.2. The minimum Gasteiger partial charge on any atom is -0.609 e. The molecule has 1 aromatic carbocycles. The first-order valence-electron chi connectivity index (χ1n) is 7.18. The molecular formula is C16H12F2N2O4S2. The molecule has 6 nitrogen and oxygen atoms in total. The summed E-state index contributed by atoms with van der Waals surface area (Å²) in [6.45, 7) is -3.03. The molecular weight excluding hydrogens is 386 g/mol. The van der Waals surface area contributed by atoms with Crippen molar-refractivity contribution in [2.75, 3.05) is 13.4 Å². The van der Waals surface area contributed by atoms with Crippen molar-refractivity contribution < 1.29 is 27.6 Å². The van der Waals surface area contributed by atoms with Gasteiger partial charge in [-0.2, -0.15) is 18.7 Å². The lowest BCUT2D eigenvalue weighted by Crippen LogP contribution is -2.06. The van der Waals surface area contributed by atoms with Gasteiger partial charge in [-0.3, -0.25) is 0 Å². The van der Waals surface area contributed by atoms with E-state index >= 15 is 0 Å². The van der Waals surface area contributed by atoms with Gasteiger partial charge < -0.3 is 14.0 Å². The molecule has 1 atom stereocenters. The minimum atomic E-state index is -3.03. The lowest BCUT2D eigenvalue weighted by atomic mass is 10.0. The van der Waals surface area contributed by atoms with Crippen molar-refractivity contribution in [1.29, 1.82) is 0 Å². The summed E-state index contributed by atoms with van der Waals surface area (Å²) in [6.07, 6.45) is 2.86. The molecule has 1 unspecified atom stereocenters. The third kappa shape index (κ3) is 3.48. The van der Waals surface area contributed by atoms with Gasteiger partial charge in [0.05, 0.1) is 23.5 Å². The number of para-hydroxylation sites is 1. The van der Waals surface area contributed by atoms with E-state index in [0.29, 0.717) is 10.2 Å². The fraction of sp³-hybridized carbons (Fsp3) is 0.188. The van der Waals surface area contributed by atoms with Crippen molar-refractivity contribution in [2.45, 2.75) is 11.8 Å². The van der Waals surface area contributed by atoms with Crippen LogP contribution in [0.1, 0.15) is 9.67 Å². The van der Waals surface area contributed by atoms with Crippen LogP contribution in [0.15, 0.2) is 35.6 Å². The molecule has 0 fully saturated rings. The lowest BCUT2D eigenvalue weighted by Gasteiger charge is -2.11. The van der Waals surface area contributed by atoms with Gasteiger partial charge in [0.25, 0.3) is 0 Å². The predicted molar refractivity (Wildman–Crippen MR) is 93.2 cm³/mol. The Labute approximate surface area is 154 Å². The van der Waals surface area contributed by atoms with Crippen LogP contribution in [0.5, 0.6) is 5.75 Å². The Balaban J connectivity index is 2.32. The van der Waals surface area contributed by atoms with Crippen LogP contribution in [0.3, 0.4) is 0 Å². The molecule has 2 heterocycles.